The van der Waals surface area contributed by atoms with Crippen LogP contribution in [0.15, 0.2) is 28.8 Å². The quantitative estimate of drug-likeness (QED) is 0.795. The van der Waals surface area contributed by atoms with E-state index in [1.54, 1.807) is 7.11 Å². The van der Waals surface area contributed by atoms with E-state index < -0.39 is 0 Å². The highest BCUT2D eigenvalue weighted by molar-refractivity contribution is 6.07. The van der Waals surface area contributed by atoms with E-state index in [1.165, 1.54) is 5.69 Å². The van der Waals surface area contributed by atoms with E-state index in [4.69, 9.17) is 9.15 Å². The van der Waals surface area contributed by atoms with Gasteiger partial charge in [-0.1, -0.05) is 0 Å². The average Bonchev–Trinajstić information content (AvgIpc) is 3.14. The lowest BCUT2D eigenvalue weighted by Gasteiger charge is -2.23. The minimum Gasteiger partial charge on any atom is -0.497 e. The zero-order valence-corrected chi connectivity index (χ0v) is 14.6. The van der Waals surface area contributed by atoms with Gasteiger partial charge >= 0.3 is 0 Å². The van der Waals surface area contributed by atoms with Gasteiger partial charge in [-0.05, 0) is 44.4 Å². The van der Waals surface area contributed by atoms with Crippen molar-refractivity contribution >= 4 is 16.9 Å². The first kappa shape index (κ1) is 15.7. The minimum atomic E-state index is -0.119. The van der Waals surface area contributed by atoms with E-state index in [0.29, 0.717) is 22.7 Å². The number of ether oxygens (including phenoxy) is 1. The lowest BCUT2D eigenvalue weighted by atomic mass is 9.92. The normalized spacial score (nSPS) is 16.7. The highest BCUT2D eigenvalue weighted by Crippen LogP contribution is 2.32. The third-order valence-corrected chi connectivity index (χ3v) is 4.98. The maximum Gasteiger partial charge on any atom is 0.255 e. The smallest absolute Gasteiger partial charge is 0.255 e. The summed E-state index contributed by atoms with van der Waals surface area (Å²) in [7, 11) is 3.56. The fourth-order valence-corrected chi connectivity index (χ4v) is 3.69. The predicted octanol–water partition coefficient (Wildman–Crippen LogP) is 3.29. The Morgan fingerprint density at radius 2 is 2.28 bits per heavy atom. The van der Waals surface area contributed by atoms with Crippen molar-refractivity contribution in [2.24, 2.45) is 7.05 Å². The Morgan fingerprint density at radius 3 is 3.08 bits per heavy atom. The number of fused-ring (bicyclic) bond motifs is 2. The molecule has 1 amide bonds. The van der Waals surface area contributed by atoms with Crippen LogP contribution in [0.1, 0.15) is 46.3 Å². The second kappa shape index (κ2) is 5.95. The number of benzene rings is 1. The molecule has 0 radical (unpaired) electrons. The number of hydrogen-bond donors (Lipinski definition) is 1. The molecule has 25 heavy (non-hydrogen) atoms. The van der Waals surface area contributed by atoms with Gasteiger partial charge in [0.25, 0.3) is 5.91 Å². The highest BCUT2D eigenvalue weighted by atomic mass is 16.5. The Bertz CT molecular complexity index is 954. The molecule has 6 nitrogen and oxygen atoms in total. The zero-order valence-electron chi connectivity index (χ0n) is 14.6. The van der Waals surface area contributed by atoms with Crippen LogP contribution in [-0.4, -0.2) is 22.8 Å². The van der Waals surface area contributed by atoms with Crippen molar-refractivity contribution in [3.63, 3.8) is 0 Å². The van der Waals surface area contributed by atoms with Crippen LogP contribution in [0.2, 0.25) is 0 Å². The van der Waals surface area contributed by atoms with Crippen LogP contribution in [0.25, 0.3) is 11.0 Å². The summed E-state index contributed by atoms with van der Waals surface area (Å²) in [6.07, 6.45) is 4.82. The van der Waals surface area contributed by atoms with Gasteiger partial charge in [-0.3, -0.25) is 9.48 Å². The van der Waals surface area contributed by atoms with Crippen LogP contribution in [0.5, 0.6) is 5.75 Å². The van der Waals surface area contributed by atoms with Crippen LogP contribution < -0.4 is 10.1 Å². The van der Waals surface area contributed by atoms with Crippen molar-refractivity contribution in [2.45, 2.75) is 32.2 Å². The van der Waals surface area contributed by atoms with E-state index in [-0.39, 0.29) is 11.9 Å². The Hall–Kier alpha value is -2.76. The Balaban J connectivity index is 1.68. The van der Waals surface area contributed by atoms with E-state index in [2.05, 4.69) is 10.4 Å². The molecule has 2 heterocycles. The van der Waals surface area contributed by atoms with Gasteiger partial charge in [0, 0.05) is 23.7 Å². The number of carbonyl (C=O) groups excluding carboxylic acids is 1. The van der Waals surface area contributed by atoms with Crippen LogP contribution in [-0.2, 0) is 13.5 Å². The van der Waals surface area contributed by atoms with Crippen LogP contribution >= 0.6 is 0 Å². The largest absolute Gasteiger partial charge is 0.497 e. The SMILES string of the molecule is COc1ccc2oc(C)c(C(=O)NC3CCCc4c3cnn4C)c2c1. The van der Waals surface area contributed by atoms with Gasteiger partial charge in [0.15, 0.2) is 0 Å². The lowest BCUT2D eigenvalue weighted by Crippen LogP contribution is -2.31. The van der Waals surface area contributed by atoms with Gasteiger partial charge in [0.05, 0.1) is 24.9 Å². The Labute approximate surface area is 145 Å². The molecule has 3 aromatic rings. The van der Waals surface area contributed by atoms with Crippen molar-refractivity contribution in [3.05, 3.63) is 47.0 Å². The fourth-order valence-electron chi connectivity index (χ4n) is 3.69. The van der Waals surface area contributed by atoms with Gasteiger partial charge < -0.3 is 14.5 Å². The summed E-state index contributed by atoms with van der Waals surface area (Å²) < 4.78 is 12.9. The molecule has 0 saturated carbocycles. The fraction of sp³-hybridized carbons (Fsp3) is 0.368. The van der Waals surface area contributed by atoms with Gasteiger partial charge in [-0.25, -0.2) is 0 Å². The maximum atomic E-state index is 13.0. The third kappa shape index (κ3) is 2.58. The first-order chi connectivity index (χ1) is 12.1. The van der Waals surface area contributed by atoms with Crippen LogP contribution in [0.3, 0.4) is 0 Å². The molecule has 1 aliphatic rings. The number of amides is 1. The molecule has 4 rings (SSSR count). The van der Waals surface area contributed by atoms with E-state index >= 15 is 0 Å². The molecular weight excluding hydrogens is 318 g/mol. The second-order valence-electron chi connectivity index (χ2n) is 6.48. The summed E-state index contributed by atoms with van der Waals surface area (Å²) in [6.45, 7) is 1.82. The van der Waals surface area contributed by atoms with E-state index in [1.807, 2.05) is 43.0 Å². The molecule has 0 saturated heterocycles. The van der Waals surface area contributed by atoms with Gasteiger partial charge in [-0.15, -0.1) is 0 Å². The molecular formula is C19H21N3O3. The molecule has 1 N–H and O–H groups in total. The second-order valence-corrected chi connectivity index (χ2v) is 6.48. The summed E-state index contributed by atoms with van der Waals surface area (Å²) in [4.78, 5) is 13.0. The Kier molecular flexibility index (Phi) is 3.75. The number of methoxy groups -OCH3 is 1. The van der Waals surface area contributed by atoms with E-state index in [9.17, 15) is 4.79 Å². The molecule has 130 valence electrons. The number of nitrogens with zero attached hydrogens (tertiary/aromatic N) is 2. The van der Waals surface area contributed by atoms with Gasteiger partial charge in [0.1, 0.15) is 17.1 Å². The third-order valence-electron chi connectivity index (χ3n) is 4.98. The average molecular weight is 339 g/mol. The van der Waals surface area contributed by atoms with Crippen molar-refractivity contribution < 1.29 is 13.9 Å². The van der Waals surface area contributed by atoms with Crippen molar-refractivity contribution in [1.82, 2.24) is 15.1 Å². The molecule has 1 aliphatic carbocycles. The summed E-state index contributed by atoms with van der Waals surface area (Å²) in [6, 6.07) is 5.49. The first-order valence-electron chi connectivity index (χ1n) is 8.47. The van der Waals surface area contributed by atoms with Gasteiger partial charge in [0.2, 0.25) is 0 Å². The molecule has 2 aromatic heterocycles. The number of aromatic nitrogens is 2. The van der Waals surface area contributed by atoms with Gasteiger partial charge in [-0.2, -0.15) is 5.10 Å². The van der Waals surface area contributed by atoms with Crippen molar-refractivity contribution in [2.75, 3.05) is 7.11 Å². The predicted molar refractivity (Wildman–Crippen MR) is 93.9 cm³/mol. The monoisotopic (exact) mass is 339 g/mol. The first-order valence-corrected chi connectivity index (χ1v) is 8.47. The number of nitrogens with one attached hydrogen (secondary N) is 1. The lowest BCUT2D eigenvalue weighted by molar-refractivity contribution is 0.0932. The highest BCUT2D eigenvalue weighted by Gasteiger charge is 2.27. The molecule has 0 aliphatic heterocycles. The van der Waals surface area contributed by atoms with E-state index in [0.717, 1.165) is 30.2 Å². The standard InChI is InChI=1S/C19H21N3O3/c1-11-18(13-9-12(24-3)7-8-17(13)25-11)19(23)21-15-5-4-6-16-14(15)10-20-22(16)2/h7-10,15H,4-6H2,1-3H3,(H,21,23). The van der Waals surface area contributed by atoms with Crippen molar-refractivity contribution in [1.29, 1.82) is 0 Å². The molecule has 6 heteroatoms. The van der Waals surface area contributed by atoms with Crippen LogP contribution in [0, 0.1) is 6.92 Å². The molecule has 1 atom stereocenters. The summed E-state index contributed by atoms with van der Waals surface area (Å²) >= 11 is 0. The summed E-state index contributed by atoms with van der Waals surface area (Å²) in [5.41, 5.74) is 3.58. The maximum absolute atomic E-state index is 13.0. The minimum absolute atomic E-state index is 0.0140. The van der Waals surface area contributed by atoms with Crippen molar-refractivity contribution in [3.8, 4) is 5.75 Å². The molecule has 1 aromatic carbocycles. The summed E-state index contributed by atoms with van der Waals surface area (Å²) in [5, 5.41) is 8.28. The molecule has 0 bridgehead atoms. The number of carbonyl (C=O) groups is 1. The number of furan rings is 1. The number of hydrogen-bond acceptors (Lipinski definition) is 4. The number of rotatable bonds is 3. The zero-order chi connectivity index (χ0) is 17.6. The molecule has 1 unspecified atom stereocenters. The molecule has 0 spiro atoms. The molecule has 0 fully saturated rings. The van der Waals surface area contributed by atoms with Crippen LogP contribution in [0.4, 0.5) is 0 Å². The topological polar surface area (TPSA) is 69.3 Å². The summed E-state index contributed by atoms with van der Waals surface area (Å²) in [5.74, 6) is 1.20. The number of aryl methyl sites for hydroxylation is 2. The Morgan fingerprint density at radius 1 is 1.44 bits per heavy atom.